The van der Waals surface area contributed by atoms with Crippen LogP contribution in [0.4, 0.5) is 8.78 Å². The summed E-state index contributed by atoms with van der Waals surface area (Å²) in [6.45, 7) is -0.320. The molecule has 0 aliphatic carbocycles. The SMILES string of the molecule is O=C(OCc1cccc(F)c1F)c1cc(Br)c[nH]1. The van der Waals surface area contributed by atoms with E-state index in [4.69, 9.17) is 4.74 Å². The molecule has 1 aromatic heterocycles. The zero-order valence-corrected chi connectivity index (χ0v) is 10.6. The van der Waals surface area contributed by atoms with E-state index in [1.165, 1.54) is 18.2 Å². The maximum Gasteiger partial charge on any atom is 0.355 e. The molecule has 0 aliphatic rings. The minimum Gasteiger partial charge on any atom is -0.456 e. The zero-order valence-electron chi connectivity index (χ0n) is 9.04. The van der Waals surface area contributed by atoms with E-state index in [9.17, 15) is 13.6 Å². The van der Waals surface area contributed by atoms with Gasteiger partial charge in [-0.3, -0.25) is 0 Å². The van der Waals surface area contributed by atoms with Crippen molar-refractivity contribution in [2.24, 2.45) is 0 Å². The minimum atomic E-state index is -1.00. The molecule has 0 saturated carbocycles. The number of benzene rings is 1. The van der Waals surface area contributed by atoms with E-state index in [2.05, 4.69) is 20.9 Å². The lowest BCUT2D eigenvalue weighted by Crippen LogP contribution is -2.07. The molecule has 94 valence electrons. The van der Waals surface area contributed by atoms with Gasteiger partial charge in [0, 0.05) is 16.2 Å². The van der Waals surface area contributed by atoms with Crippen LogP contribution in [0.15, 0.2) is 34.9 Å². The average molecular weight is 316 g/mol. The van der Waals surface area contributed by atoms with Crippen molar-refractivity contribution < 1.29 is 18.3 Å². The van der Waals surface area contributed by atoms with Crippen LogP contribution in [-0.2, 0) is 11.3 Å². The maximum absolute atomic E-state index is 13.3. The Morgan fingerprint density at radius 1 is 1.39 bits per heavy atom. The summed E-state index contributed by atoms with van der Waals surface area (Å²) < 4.78 is 31.7. The summed E-state index contributed by atoms with van der Waals surface area (Å²) in [7, 11) is 0. The van der Waals surface area contributed by atoms with Crippen LogP contribution in [-0.4, -0.2) is 11.0 Å². The van der Waals surface area contributed by atoms with Crippen LogP contribution in [0, 0.1) is 11.6 Å². The number of aromatic nitrogens is 1. The normalized spacial score (nSPS) is 10.4. The van der Waals surface area contributed by atoms with Gasteiger partial charge in [0.15, 0.2) is 11.6 Å². The molecule has 0 radical (unpaired) electrons. The van der Waals surface area contributed by atoms with Gasteiger partial charge in [-0.05, 0) is 28.1 Å². The van der Waals surface area contributed by atoms with E-state index < -0.39 is 17.6 Å². The molecule has 0 aliphatic heterocycles. The molecule has 0 unspecified atom stereocenters. The largest absolute Gasteiger partial charge is 0.456 e. The minimum absolute atomic E-state index is 0.00558. The fourth-order valence-electron chi connectivity index (χ4n) is 1.37. The van der Waals surface area contributed by atoms with E-state index in [1.807, 2.05) is 0 Å². The van der Waals surface area contributed by atoms with Crippen molar-refractivity contribution in [3.63, 3.8) is 0 Å². The van der Waals surface area contributed by atoms with Gasteiger partial charge in [0.25, 0.3) is 0 Å². The van der Waals surface area contributed by atoms with Crippen molar-refractivity contribution in [1.29, 1.82) is 0 Å². The van der Waals surface area contributed by atoms with Gasteiger partial charge in [-0.2, -0.15) is 0 Å². The third-order valence-corrected chi connectivity index (χ3v) is 2.72. The summed E-state index contributed by atoms with van der Waals surface area (Å²) in [5.41, 5.74) is 0.229. The first-order valence-electron chi connectivity index (χ1n) is 5.02. The number of aromatic amines is 1. The predicted octanol–water partition coefficient (Wildman–Crippen LogP) is 3.41. The molecule has 2 aromatic rings. The van der Waals surface area contributed by atoms with E-state index in [0.29, 0.717) is 4.47 Å². The Bertz CT molecular complexity index is 583. The number of carbonyl (C=O) groups excluding carboxylic acids is 1. The lowest BCUT2D eigenvalue weighted by Gasteiger charge is -2.05. The molecular formula is C12H8BrF2NO2. The topological polar surface area (TPSA) is 42.1 Å². The predicted molar refractivity (Wildman–Crippen MR) is 64.0 cm³/mol. The van der Waals surface area contributed by atoms with E-state index in [1.54, 1.807) is 6.20 Å². The fraction of sp³-hybridized carbons (Fsp3) is 0.0833. The highest BCUT2D eigenvalue weighted by molar-refractivity contribution is 9.10. The van der Waals surface area contributed by atoms with Crippen LogP contribution in [0.1, 0.15) is 16.1 Å². The molecule has 18 heavy (non-hydrogen) atoms. The smallest absolute Gasteiger partial charge is 0.355 e. The highest BCUT2D eigenvalue weighted by Crippen LogP contribution is 2.15. The average Bonchev–Trinajstić information content (AvgIpc) is 2.77. The summed E-state index contributed by atoms with van der Waals surface area (Å²) in [5.74, 6) is -2.60. The molecule has 1 heterocycles. The number of hydrogen-bond acceptors (Lipinski definition) is 2. The number of nitrogens with one attached hydrogen (secondary N) is 1. The van der Waals surface area contributed by atoms with Gasteiger partial charge in [0.2, 0.25) is 0 Å². The van der Waals surface area contributed by atoms with Crippen molar-refractivity contribution >= 4 is 21.9 Å². The van der Waals surface area contributed by atoms with Crippen LogP contribution in [0.5, 0.6) is 0 Å². The molecule has 1 aromatic carbocycles. The summed E-state index contributed by atoms with van der Waals surface area (Å²) >= 11 is 3.17. The summed E-state index contributed by atoms with van der Waals surface area (Å²) in [6, 6.07) is 5.25. The first-order chi connectivity index (χ1) is 8.58. The first kappa shape index (κ1) is 12.8. The second-order valence-electron chi connectivity index (χ2n) is 3.52. The Hall–Kier alpha value is -1.69. The highest BCUT2D eigenvalue weighted by atomic mass is 79.9. The number of ether oxygens (including phenoxy) is 1. The van der Waals surface area contributed by atoms with Crippen molar-refractivity contribution in [2.45, 2.75) is 6.61 Å². The van der Waals surface area contributed by atoms with Gasteiger partial charge in [-0.25, -0.2) is 13.6 Å². The molecule has 0 saturated heterocycles. The zero-order chi connectivity index (χ0) is 13.1. The van der Waals surface area contributed by atoms with Gasteiger partial charge in [0.05, 0.1) is 0 Å². The first-order valence-corrected chi connectivity index (χ1v) is 5.81. The Morgan fingerprint density at radius 2 is 2.17 bits per heavy atom. The van der Waals surface area contributed by atoms with Crippen LogP contribution in [0.2, 0.25) is 0 Å². The molecule has 0 amide bonds. The van der Waals surface area contributed by atoms with Crippen molar-refractivity contribution in [3.8, 4) is 0 Å². The lowest BCUT2D eigenvalue weighted by atomic mass is 10.2. The van der Waals surface area contributed by atoms with Gasteiger partial charge in [-0.15, -0.1) is 0 Å². The standard InChI is InChI=1S/C12H8BrF2NO2/c13-8-4-10(16-5-8)12(17)18-6-7-2-1-3-9(14)11(7)15/h1-5,16H,6H2. The fourth-order valence-corrected chi connectivity index (χ4v) is 1.71. The molecule has 1 N–H and O–H groups in total. The summed E-state index contributed by atoms with van der Waals surface area (Å²) in [5, 5.41) is 0. The Morgan fingerprint density at radius 3 is 2.83 bits per heavy atom. The van der Waals surface area contributed by atoms with Gasteiger partial charge < -0.3 is 9.72 Å². The summed E-state index contributed by atoms with van der Waals surface area (Å²) in [6.07, 6.45) is 1.57. The number of H-pyrrole nitrogens is 1. The van der Waals surface area contributed by atoms with E-state index in [-0.39, 0.29) is 17.9 Å². The lowest BCUT2D eigenvalue weighted by molar-refractivity contribution is 0.0462. The molecular weight excluding hydrogens is 308 g/mol. The van der Waals surface area contributed by atoms with Crippen molar-refractivity contribution in [3.05, 3.63) is 57.8 Å². The van der Waals surface area contributed by atoms with Crippen LogP contribution in [0.3, 0.4) is 0 Å². The van der Waals surface area contributed by atoms with E-state index >= 15 is 0 Å². The molecule has 3 nitrogen and oxygen atoms in total. The second kappa shape index (κ2) is 5.30. The van der Waals surface area contributed by atoms with Crippen molar-refractivity contribution in [2.75, 3.05) is 0 Å². The Kier molecular flexibility index (Phi) is 3.76. The molecule has 0 spiro atoms. The van der Waals surface area contributed by atoms with Crippen molar-refractivity contribution in [1.82, 2.24) is 4.98 Å². The maximum atomic E-state index is 13.3. The monoisotopic (exact) mass is 315 g/mol. The number of esters is 1. The quantitative estimate of drug-likeness (QED) is 0.882. The van der Waals surface area contributed by atoms with Gasteiger partial charge in [-0.1, -0.05) is 12.1 Å². The molecule has 0 fully saturated rings. The molecule has 0 bridgehead atoms. The molecule has 6 heteroatoms. The molecule has 2 rings (SSSR count). The van der Waals surface area contributed by atoms with E-state index in [0.717, 1.165) is 6.07 Å². The number of rotatable bonds is 3. The second-order valence-corrected chi connectivity index (χ2v) is 4.44. The Labute approximate surface area is 110 Å². The number of halogens is 3. The number of carbonyl (C=O) groups is 1. The van der Waals surface area contributed by atoms with Crippen LogP contribution < -0.4 is 0 Å². The third kappa shape index (κ3) is 2.76. The van der Waals surface area contributed by atoms with Gasteiger partial charge >= 0.3 is 5.97 Å². The highest BCUT2D eigenvalue weighted by Gasteiger charge is 2.12. The van der Waals surface area contributed by atoms with Crippen LogP contribution >= 0.6 is 15.9 Å². The Balaban J connectivity index is 2.04. The molecule has 0 atom stereocenters. The number of hydrogen-bond donors (Lipinski definition) is 1. The van der Waals surface area contributed by atoms with Crippen LogP contribution in [0.25, 0.3) is 0 Å². The van der Waals surface area contributed by atoms with Gasteiger partial charge in [0.1, 0.15) is 12.3 Å². The summed E-state index contributed by atoms with van der Waals surface area (Å²) in [4.78, 5) is 14.2. The third-order valence-electron chi connectivity index (χ3n) is 2.26.